The normalized spacial score (nSPS) is 11.3. The first-order chi connectivity index (χ1) is 16.5. The zero-order chi connectivity index (χ0) is 26.6. The molecule has 0 aromatic rings. The number of ether oxygens (including phenoxy) is 3. The quantitative estimate of drug-likeness (QED) is 0.0718. The molecule has 0 bridgehead atoms. The van der Waals surface area contributed by atoms with Gasteiger partial charge in [-0.15, -0.1) is 0 Å². The average Bonchev–Trinajstić information content (AvgIpc) is 2.76. The van der Waals surface area contributed by atoms with Gasteiger partial charge in [-0.3, -0.25) is 14.4 Å². The Kier molecular flexibility index (Phi) is 19.1. The van der Waals surface area contributed by atoms with E-state index in [4.69, 9.17) is 29.9 Å². The van der Waals surface area contributed by atoms with Crippen molar-refractivity contribution in [2.24, 2.45) is 0 Å². The van der Waals surface area contributed by atoms with Gasteiger partial charge in [0.2, 0.25) is 11.8 Å². The summed E-state index contributed by atoms with van der Waals surface area (Å²) in [7, 11) is 13.2. The van der Waals surface area contributed by atoms with Crippen LogP contribution in [0.15, 0.2) is 0 Å². The summed E-state index contributed by atoms with van der Waals surface area (Å²) < 4.78 is 17.1. The number of hydrogen-bond donors (Lipinski definition) is 3. The minimum absolute atomic E-state index is 0.0771. The highest BCUT2D eigenvalue weighted by Gasteiger charge is 2.25. The van der Waals surface area contributed by atoms with E-state index >= 15 is 0 Å². The molecule has 0 saturated carbocycles. The molecule has 0 unspecified atom stereocenters. The highest BCUT2D eigenvalue weighted by Crippen LogP contribution is 2.20. The van der Waals surface area contributed by atoms with E-state index in [9.17, 15) is 14.4 Å². The molecule has 0 aliphatic heterocycles. The molecule has 0 aromatic carbocycles. The van der Waals surface area contributed by atoms with Crippen molar-refractivity contribution in [3.8, 4) is 11.7 Å². The summed E-state index contributed by atoms with van der Waals surface area (Å²) in [4.78, 5) is 34.2. The summed E-state index contributed by atoms with van der Waals surface area (Å²) in [5, 5.41) is 8.01. The third-order valence-electron chi connectivity index (χ3n) is 4.33. The van der Waals surface area contributed by atoms with Crippen LogP contribution in [0.1, 0.15) is 47.0 Å². The molecule has 0 aliphatic rings. The van der Waals surface area contributed by atoms with Crippen LogP contribution in [0.4, 0.5) is 4.79 Å². The maximum atomic E-state index is 12.0. The smallest absolute Gasteiger partial charge is 0.223 e. The van der Waals surface area contributed by atoms with Gasteiger partial charge in [-0.25, -0.2) is 0 Å². The van der Waals surface area contributed by atoms with E-state index in [0.717, 1.165) is 5.75 Å². The van der Waals surface area contributed by atoms with Crippen LogP contribution in [-0.4, -0.2) is 95.7 Å². The van der Waals surface area contributed by atoms with Gasteiger partial charge in [0.25, 0.3) is 0 Å². The van der Waals surface area contributed by atoms with E-state index in [2.05, 4.69) is 27.7 Å². The zero-order valence-corrected chi connectivity index (χ0v) is 22.8. The minimum atomic E-state index is -0.557. The Balaban J connectivity index is 3.73. The lowest BCUT2D eigenvalue weighted by molar-refractivity contribution is -0.132. The number of rotatable bonds is 20. The Morgan fingerprint density at radius 3 is 2.26 bits per heavy atom. The Morgan fingerprint density at radius 2 is 1.57 bits per heavy atom. The fraction of sp³-hybridized carbons (Fsp3) is 0.773. The SMILES string of the molecule is [B]C#CCNC(=O)CCOCSSCCNC(=O)CCOC(C)(C)COC(C)(C)CCNC([B])=O. The van der Waals surface area contributed by atoms with Gasteiger partial charge in [0.05, 0.1) is 44.0 Å². The van der Waals surface area contributed by atoms with Crippen molar-refractivity contribution >= 4 is 54.9 Å². The summed E-state index contributed by atoms with van der Waals surface area (Å²) in [6.45, 7) is 9.85. The Morgan fingerprint density at radius 1 is 0.886 bits per heavy atom. The maximum Gasteiger partial charge on any atom is 0.223 e. The van der Waals surface area contributed by atoms with Gasteiger partial charge in [0, 0.05) is 25.3 Å². The summed E-state index contributed by atoms with van der Waals surface area (Å²) in [5.74, 6) is 5.18. The molecule has 0 aromatic heterocycles. The predicted octanol–water partition coefficient (Wildman–Crippen LogP) is 1.34. The van der Waals surface area contributed by atoms with Crippen molar-refractivity contribution in [1.82, 2.24) is 16.0 Å². The number of carbonyl (C=O) groups excluding carboxylic acids is 3. The second-order valence-electron chi connectivity index (χ2n) is 8.61. The van der Waals surface area contributed by atoms with Crippen LogP contribution in [0.2, 0.25) is 0 Å². The third kappa shape index (κ3) is 22.9. The average molecular weight is 525 g/mol. The molecule has 0 heterocycles. The van der Waals surface area contributed by atoms with E-state index in [1.54, 1.807) is 10.8 Å². The second kappa shape index (κ2) is 19.8. The Hall–Kier alpha value is -1.32. The third-order valence-corrected chi connectivity index (χ3v) is 6.42. The Labute approximate surface area is 220 Å². The lowest BCUT2D eigenvalue weighted by Gasteiger charge is -2.32. The van der Waals surface area contributed by atoms with Crippen molar-refractivity contribution in [3.05, 3.63) is 0 Å². The molecule has 3 amide bonds. The van der Waals surface area contributed by atoms with Gasteiger partial charge in [-0.05, 0) is 34.1 Å². The zero-order valence-electron chi connectivity index (χ0n) is 21.2. The van der Waals surface area contributed by atoms with E-state index in [1.165, 1.54) is 10.8 Å². The number of hydrogen-bond acceptors (Lipinski definition) is 8. The first-order valence-electron chi connectivity index (χ1n) is 11.3. The summed E-state index contributed by atoms with van der Waals surface area (Å²) in [6, 6.07) is 0. The van der Waals surface area contributed by atoms with Crippen molar-refractivity contribution < 1.29 is 28.6 Å². The van der Waals surface area contributed by atoms with Gasteiger partial charge in [-0.2, -0.15) is 5.82 Å². The van der Waals surface area contributed by atoms with Crippen LogP contribution < -0.4 is 16.0 Å². The first-order valence-corrected chi connectivity index (χ1v) is 13.8. The summed E-state index contributed by atoms with van der Waals surface area (Å²) in [5.41, 5.74) is -1.00. The predicted molar refractivity (Wildman–Crippen MR) is 143 cm³/mol. The fourth-order valence-electron chi connectivity index (χ4n) is 2.34. The number of amides is 3. The Bertz CT molecular complexity index is 702. The molecule has 0 fully saturated rings. The summed E-state index contributed by atoms with van der Waals surface area (Å²) in [6.07, 6.45) is 1.14. The number of nitrogens with one attached hydrogen (secondary N) is 3. The summed E-state index contributed by atoms with van der Waals surface area (Å²) >= 11 is 0. The molecule has 9 nitrogen and oxygen atoms in total. The van der Waals surface area contributed by atoms with Gasteiger partial charge in [0.15, 0.2) is 21.5 Å². The van der Waals surface area contributed by atoms with Crippen LogP contribution in [-0.2, 0) is 23.8 Å². The highest BCUT2D eigenvalue weighted by molar-refractivity contribution is 8.76. The van der Waals surface area contributed by atoms with Crippen LogP contribution in [0.5, 0.6) is 0 Å². The molecule has 0 atom stereocenters. The molecule has 4 radical (unpaired) electrons. The van der Waals surface area contributed by atoms with Gasteiger partial charge >= 0.3 is 0 Å². The van der Waals surface area contributed by atoms with Crippen molar-refractivity contribution in [1.29, 1.82) is 0 Å². The van der Waals surface area contributed by atoms with E-state index < -0.39 is 17.0 Å². The molecule has 0 spiro atoms. The monoisotopic (exact) mass is 525 g/mol. The lowest BCUT2D eigenvalue weighted by atomic mass is 10.0. The molecule has 0 saturated heterocycles. The topological polar surface area (TPSA) is 115 Å². The van der Waals surface area contributed by atoms with Crippen LogP contribution >= 0.6 is 21.6 Å². The first kappa shape index (κ1) is 33.7. The molecule has 0 aliphatic carbocycles. The maximum absolute atomic E-state index is 12.0. The molecular weight excluding hydrogens is 488 g/mol. The van der Waals surface area contributed by atoms with Crippen molar-refractivity contribution in [3.63, 3.8) is 0 Å². The van der Waals surface area contributed by atoms with Crippen LogP contribution in [0, 0.1) is 11.7 Å². The minimum Gasteiger partial charge on any atom is -0.373 e. The second-order valence-corrected chi connectivity index (χ2v) is 11.1. The largest absolute Gasteiger partial charge is 0.373 e. The van der Waals surface area contributed by atoms with E-state index in [-0.39, 0.29) is 37.8 Å². The van der Waals surface area contributed by atoms with Crippen LogP contribution in [0.25, 0.3) is 0 Å². The van der Waals surface area contributed by atoms with Crippen molar-refractivity contribution in [2.75, 3.05) is 51.1 Å². The standard InChI is InChI=1S/C22H37B2N3O6S2/c1-21(2,8-11-27-20(24)30)33-16-22(3,4)32-14-7-19(29)26-12-15-34-35-17-31-13-6-18(28)25-10-5-9-23/h6-8,10-17H2,1-4H3,(H,25,28)(H,26,29)(H,27,30). The van der Waals surface area contributed by atoms with Gasteiger partial charge in [-0.1, -0.05) is 27.5 Å². The van der Waals surface area contributed by atoms with Crippen LogP contribution in [0.3, 0.4) is 0 Å². The molecule has 35 heavy (non-hydrogen) atoms. The van der Waals surface area contributed by atoms with E-state index in [0.29, 0.717) is 38.7 Å². The number of carbonyl (C=O) groups is 3. The lowest BCUT2D eigenvalue weighted by Crippen LogP contribution is -2.39. The highest BCUT2D eigenvalue weighted by atomic mass is 33.1. The van der Waals surface area contributed by atoms with Crippen molar-refractivity contribution in [2.45, 2.75) is 58.2 Å². The fourth-order valence-corrected chi connectivity index (χ4v) is 3.91. The van der Waals surface area contributed by atoms with E-state index in [1.807, 2.05) is 27.7 Å². The van der Waals surface area contributed by atoms with Gasteiger partial charge < -0.3 is 30.2 Å². The molecule has 13 heteroatoms. The molecule has 0 rings (SSSR count). The van der Waals surface area contributed by atoms with Gasteiger partial charge in [0.1, 0.15) is 5.94 Å². The molecule has 194 valence electrons. The molecular formula is C22H37B2N3O6S2. The molecule has 3 N–H and O–H groups in total.